The quantitative estimate of drug-likeness (QED) is 0.847. The molecule has 0 radical (unpaired) electrons. The van der Waals surface area contributed by atoms with Crippen molar-refractivity contribution in [3.63, 3.8) is 0 Å². The van der Waals surface area contributed by atoms with Crippen LogP contribution in [0.15, 0.2) is 18.2 Å². The van der Waals surface area contributed by atoms with Crippen molar-refractivity contribution in [3.8, 4) is 0 Å². The minimum Gasteiger partial charge on any atom is -0.396 e. The maximum atomic E-state index is 9.20. The van der Waals surface area contributed by atoms with Crippen LogP contribution in [0, 0.1) is 13.8 Å². The fraction of sp³-hybridized carbons (Fsp3) is 0.667. The second-order valence-electron chi connectivity index (χ2n) is 6.51. The van der Waals surface area contributed by atoms with Gasteiger partial charge in [0.25, 0.3) is 0 Å². The van der Waals surface area contributed by atoms with E-state index in [1.807, 2.05) is 0 Å². The van der Waals surface area contributed by atoms with Crippen molar-refractivity contribution in [2.24, 2.45) is 5.73 Å². The van der Waals surface area contributed by atoms with Gasteiger partial charge in [-0.1, -0.05) is 35.7 Å². The highest BCUT2D eigenvalue weighted by Gasteiger charge is 2.22. The van der Waals surface area contributed by atoms with Crippen LogP contribution >= 0.6 is 0 Å². The van der Waals surface area contributed by atoms with Gasteiger partial charge in [0.1, 0.15) is 0 Å². The molecule has 118 valence electrons. The Labute approximate surface area is 129 Å². The molecule has 2 atom stereocenters. The zero-order valence-electron chi connectivity index (χ0n) is 13.5. The van der Waals surface area contributed by atoms with Gasteiger partial charge in [-0.15, -0.1) is 0 Å². The van der Waals surface area contributed by atoms with E-state index >= 15 is 0 Å². The van der Waals surface area contributed by atoms with Crippen molar-refractivity contribution in [1.29, 1.82) is 0 Å². The number of aryl methyl sites for hydroxylation is 2. The van der Waals surface area contributed by atoms with Crippen molar-refractivity contribution < 1.29 is 5.11 Å². The smallest absolute Gasteiger partial charge is 0.0445 e. The van der Waals surface area contributed by atoms with Crippen LogP contribution < -0.4 is 5.73 Å². The van der Waals surface area contributed by atoms with Crippen molar-refractivity contribution in [1.82, 2.24) is 4.90 Å². The molecule has 1 heterocycles. The molecule has 2 unspecified atom stereocenters. The fourth-order valence-electron chi connectivity index (χ4n) is 3.53. The van der Waals surface area contributed by atoms with E-state index in [4.69, 9.17) is 5.73 Å². The summed E-state index contributed by atoms with van der Waals surface area (Å²) in [5.74, 6) is 0. The van der Waals surface area contributed by atoms with Gasteiger partial charge in [0.2, 0.25) is 0 Å². The number of nitrogens with two attached hydrogens (primary N) is 1. The zero-order chi connectivity index (χ0) is 15.2. The molecule has 1 aliphatic rings. The number of likely N-dealkylation sites (tertiary alicyclic amines) is 1. The number of aliphatic hydroxyl groups is 1. The van der Waals surface area contributed by atoms with Gasteiger partial charge in [-0.25, -0.2) is 0 Å². The number of hydrogen-bond donors (Lipinski definition) is 2. The van der Waals surface area contributed by atoms with Gasteiger partial charge in [-0.3, -0.25) is 0 Å². The molecule has 1 aromatic carbocycles. The summed E-state index contributed by atoms with van der Waals surface area (Å²) in [6, 6.07) is 7.27. The summed E-state index contributed by atoms with van der Waals surface area (Å²) in [5, 5.41) is 9.20. The number of rotatable bonds is 6. The molecule has 0 aromatic heterocycles. The third-order valence-corrected chi connectivity index (χ3v) is 4.61. The highest BCUT2D eigenvalue weighted by atomic mass is 16.3. The Bertz CT molecular complexity index is 425. The summed E-state index contributed by atoms with van der Waals surface area (Å²) in [5.41, 5.74) is 10.2. The van der Waals surface area contributed by atoms with E-state index in [0.29, 0.717) is 12.6 Å². The summed E-state index contributed by atoms with van der Waals surface area (Å²) >= 11 is 0. The first-order valence-corrected chi connectivity index (χ1v) is 8.29. The third kappa shape index (κ3) is 4.80. The summed E-state index contributed by atoms with van der Waals surface area (Å²) in [4.78, 5) is 2.53. The highest BCUT2D eigenvalue weighted by molar-refractivity contribution is 5.30. The number of aliphatic hydroxyl groups excluding tert-OH is 1. The average molecular weight is 290 g/mol. The molecule has 3 heteroatoms. The molecule has 1 fully saturated rings. The molecule has 3 nitrogen and oxygen atoms in total. The Balaban J connectivity index is 1.91. The number of nitrogens with zero attached hydrogens (tertiary/aromatic N) is 1. The number of hydrogen-bond acceptors (Lipinski definition) is 3. The lowest BCUT2D eigenvalue weighted by Crippen LogP contribution is -2.41. The molecular formula is C18H30N2O. The SMILES string of the molecule is Cc1cc(C)cc(C(N)CCN2CCCCC2CCO)c1. The lowest BCUT2D eigenvalue weighted by molar-refractivity contribution is 0.116. The second-order valence-corrected chi connectivity index (χ2v) is 6.51. The van der Waals surface area contributed by atoms with E-state index in [-0.39, 0.29) is 6.04 Å². The molecule has 1 aliphatic heterocycles. The van der Waals surface area contributed by atoms with Crippen LogP contribution in [0.25, 0.3) is 0 Å². The number of benzene rings is 1. The van der Waals surface area contributed by atoms with Crippen LogP contribution in [0.4, 0.5) is 0 Å². The van der Waals surface area contributed by atoms with E-state index in [2.05, 4.69) is 36.9 Å². The maximum Gasteiger partial charge on any atom is 0.0445 e. The van der Waals surface area contributed by atoms with E-state index in [9.17, 15) is 5.11 Å². The first-order valence-electron chi connectivity index (χ1n) is 8.29. The van der Waals surface area contributed by atoms with Crippen LogP contribution in [0.5, 0.6) is 0 Å². The van der Waals surface area contributed by atoms with Gasteiger partial charge in [-0.2, -0.15) is 0 Å². The van der Waals surface area contributed by atoms with E-state index in [1.54, 1.807) is 0 Å². The summed E-state index contributed by atoms with van der Waals surface area (Å²) in [6.45, 7) is 6.75. The monoisotopic (exact) mass is 290 g/mol. The van der Waals surface area contributed by atoms with Crippen LogP contribution in [0.3, 0.4) is 0 Å². The molecule has 2 rings (SSSR count). The second kappa shape index (κ2) is 7.92. The summed E-state index contributed by atoms with van der Waals surface area (Å²) in [7, 11) is 0. The van der Waals surface area contributed by atoms with Gasteiger partial charge in [0, 0.05) is 25.2 Å². The first kappa shape index (κ1) is 16.5. The lowest BCUT2D eigenvalue weighted by Gasteiger charge is -2.36. The van der Waals surface area contributed by atoms with E-state index in [1.165, 1.54) is 36.0 Å². The Hall–Kier alpha value is -0.900. The molecule has 0 amide bonds. The van der Waals surface area contributed by atoms with Gasteiger partial charge >= 0.3 is 0 Å². The first-order chi connectivity index (χ1) is 10.1. The molecular weight excluding hydrogens is 260 g/mol. The standard InChI is InChI=1S/C18H30N2O/c1-14-11-15(2)13-16(12-14)18(19)6-9-20-8-4-3-5-17(20)7-10-21/h11-13,17-18,21H,3-10,19H2,1-2H3. The van der Waals surface area contributed by atoms with E-state index < -0.39 is 0 Å². The molecule has 21 heavy (non-hydrogen) atoms. The maximum absolute atomic E-state index is 9.20. The van der Waals surface area contributed by atoms with Crippen molar-refractivity contribution >= 4 is 0 Å². The Morgan fingerprint density at radius 2 is 1.95 bits per heavy atom. The molecule has 1 saturated heterocycles. The van der Waals surface area contributed by atoms with Crippen molar-refractivity contribution in [2.75, 3.05) is 19.7 Å². The molecule has 0 bridgehead atoms. The normalized spacial score (nSPS) is 21.4. The minimum absolute atomic E-state index is 0.111. The lowest BCUT2D eigenvalue weighted by atomic mass is 9.97. The van der Waals surface area contributed by atoms with Crippen molar-refractivity contribution in [3.05, 3.63) is 34.9 Å². The average Bonchev–Trinajstić information content (AvgIpc) is 2.45. The number of piperidine rings is 1. The molecule has 1 aromatic rings. The van der Waals surface area contributed by atoms with Crippen LogP contribution in [-0.4, -0.2) is 35.7 Å². The molecule has 3 N–H and O–H groups in total. The predicted molar refractivity (Wildman–Crippen MR) is 88.4 cm³/mol. The van der Waals surface area contributed by atoms with E-state index in [0.717, 1.165) is 25.9 Å². The fourth-order valence-corrected chi connectivity index (χ4v) is 3.53. The molecule has 0 spiro atoms. The van der Waals surface area contributed by atoms with Gasteiger partial charge in [0.05, 0.1) is 0 Å². The topological polar surface area (TPSA) is 49.5 Å². The van der Waals surface area contributed by atoms with Gasteiger partial charge < -0.3 is 15.7 Å². The van der Waals surface area contributed by atoms with Gasteiger partial charge in [0.15, 0.2) is 0 Å². The molecule has 0 saturated carbocycles. The minimum atomic E-state index is 0.111. The zero-order valence-corrected chi connectivity index (χ0v) is 13.5. The van der Waals surface area contributed by atoms with Crippen LogP contribution in [0.1, 0.15) is 54.8 Å². The largest absolute Gasteiger partial charge is 0.396 e. The van der Waals surface area contributed by atoms with Crippen LogP contribution in [0.2, 0.25) is 0 Å². The Morgan fingerprint density at radius 1 is 1.24 bits per heavy atom. The third-order valence-electron chi connectivity index (χ3n) is 4.61. The van der Waals surface area contributed by atoms with Gasteiger partial charge in [-0.05, 0) is 51.6 Å². The Morgan fingerprint density at radius 3 is 2.62 bits per heavy atom. The summed E-state index contributed by atoms with van der Waals surface area (Å²) < 4.78 is 0. The van der Waals surface area contributed by atoms with Crippen molar-refractivity contribution in [2.45, 2.75) is 58.0 Å². The highest BCUT2D eigenvalue weighted by Crippen LogP contribution is 2.23. The van der Waals surface area contributed by atoms with Crippen LogP contribution in [-0.2, 0) is 0 Å². The Kier molecular flexibility index (Phi) is 6.22. The summed E-state index contributed by atoms with van der Waals surface area (Å²) in [6.07, 6.45) is 5.69. The molecule has 0 aliphatic carbocycles. The predicted octanol–water partition coefficient (Wildman–Crippen LogP) is 2.93.